The topological polar surface area (TPSA) is 67.4 Å². The van der Waals surface area contributed by atoms with E-state index in [2.05, 4.69) is 22.8 Å². The molecule has 0 radical (unpaired) electrons. The molecule has 1 heterocycles. The number of carbonyl (C=O) groups is 2. The first-order chi connectivity index (χ1) is 14.5. The van der Waals surface area contributed by atoms with Crippen LogP contribution in [0, 0.1) is 11.6 Å². The number of rotatable bonds is 8. The highest BCUT2D eigenvalue weighted by molar-refractivity contribution is 5.94. The SMILES string of the molecule is O=C(CCCNC(=O)c1ccc(F)cc1F)NCC1(c2ccccc2)CCOCC1. The monoisotopic (exact) mass is 416 g/mol. The Morgan fingerprint density at radius 2 is 1.73 bits per heavy atom. The zero-order valence-corrected chi connectivity index (χ0v) is 16.8. The minimum atomic E-state index is -0.909. The van der Waals surface area contributed by atoms with E-state index in [0.717, 1.165) is 25.0 Å². The number of amides is 2. The molecule has 2 N–H and O–H groups in total. The van der Waals surface area contributed by atoms with E-state index >= 15 is 0 Å². The Bertz CT molecular complexity index is 868. The normalized spacial score (nSPS) is 15.4. The van der Waals surface area contributed by atoms with Crippen molar-refractivity contribution in [2.24, 2.45) is 0 Å². The maximum atomic E-state index is 13.6. The average molecular weight is 416 g/mol. The van der Waals surface area contributed by atoms with Crippen molar-refractivity contribution in [1.82, 2.24) is 10.6 Å². The molecule has 5 nitrogen and oxygen atoms in total. The minimum absolute atomic E-state index is 0.0981. The number of carbonyl (C=O) groups excluding carboxylic acids is 2. The average Bonchev–Trinajstić information content (AvgIpc) is 2.76. The molecule has 1 saturated heterocycles. The molecule has 2 aromatic carbocycles. The van der Waals surface area contributed by atoms with Crippen LogP contribution < -0.4 is 10.6 Å². The molecule has 0 aromatic heterocycles. The first kappa shape index (κ1) is 21.9. The lowest BCUT2D eigenvalue weighted by atomic mass is 9.74. The highest BCUT2D eigenvalue weighted by Crippen LogP contribution is 2.34. The van der Waals surface area contributed by atoms with Crippen LogP contribution in [0.2, 0.25) is 0 Å². The van der Waals surface area contributed by atoms with Gasteiger partial charge in [-0.3, -0.25) is 9.59 Å². The summed E-state index contributed by atoms with van der Waals surface area (Å²) in [6.45, 7) is 2.08. The fourth-order valence-corrected chi connectivity index (χ4v) is 3.70. The largest absolute Gasteiger partial charge is 0.381 e. The number of nitrogens with one attached hydrogen (secondary N) is 2. The van der Waals surface area contributed by atoms with E-state index in [4.69, 9.17) is 4.74 Å². The van der Waals surface area contributed by atoms with Crippen molar-refractivity contribution in [1.29, 1.82) is 0 Å². The second-order valence-electron chi connectivity index (χ2n) is 7.52. The van der Waals surface area contributed by atoms with Crippen LogP contribution in [0.25, 0.3) is 0 Å². The lowest BCUT2D eigenvalue weighted by Crippen LogP contribution is -2.44. The van der Waals surface area contributed by atoms with Gasteiger partial charge in [-0.25, -0.2) is 8.78 Å². The van der Waals surface area contributed by atoms with Gasteiger partial charge in [0.2, 0.25) is 5.91 Å². The van der Waals surface area contributed by atoms with Gasteiger partial charge in [-0.05, 0) is 37.0 Å². The first-order valence-corrected chi connectivity index (χ1v) is 10.1. The molecule has 0 bridgehead atoms. The molecule has 7 heteroatoms. The van der Waals surface area contributed by atoms with Gasteiger partial charge >= 0.3 is 0 Å². The number of hydrogen-bond donors (Lipinski definition) is 2. The number of hydrogen-bond acceptors (Lipinski definition) is 3. The van der Waals surface area contributed by atoms with Crippen molar-refractivity contribution in [3.8, 4) is 0 Å². The summed E-state index contributed by atoms with van der Waals surface area (Å²) in [6, 6.07) is 12.9. The summed E-state index contributed by atoms with van der Waals surface area (Å²) in [5.41, 5.74) is 0.844. The van der Waals surface area contributed by atoms with E-state index in [9.17, 15) is 18.4 Å². The molecule has 0 saturated carbocycles. The van der Waals surface area contributed by atoms with Gasteiger partial charge in [0.1, 0.15) is 11.6 Å². The quantitative estimate of drug-likeness (QED) is 0.649. The van der Waals surface area contributed by atoms with Gasteiger partial charge in [0.05, 0.1) is 5.56 Å². The van der Waals surface area contributed by atoms with Crippen LogP contribution in [-0.4, -0.2) is 38.1 Å². The summed E-state index contributed by atoms with van der Waals surface area (Å²) in [5, 5.41) is 5.57. The Morgan fingerprint density at radius 3 is 2.43 bits per heavy atom. The van der Waals surface area contributed by atoms with Gasteiger partial charge in [-0.2, -0.15) is 0 Å². The number of halogens is 2. The predicted molar refractivity (Wildman–Crippen MR) is 109 cm³/mol. The van der Waals surface area contributed by atoms with E-state index in [-0.39, 0.29) is 29.9 Å². The summed E-state index contributed by atoms with van der Waals surface area (Å²) in [4.78, 5) is 24.3. The zero-order chi connectivity index (χ0) is 21.4. The van der Waals surface area contributed by atoms with Crippen LogP contribution in [0.3, 0.4) is 0 Å². The van der Waals surface area contributed by atoms with Gasteiger partial charge in [-0.1, -0.05) is 30.3 Å². The molecule has 0 aliphatic carbocycles. The third-order valence-electron chi connectivity index (χ3n) is 5.50. The second-order valence-corrected chi connectivity index (χ2v) is 7.52. The van der Waals surface area contributed by atoms with Crippen molar-refractivity contribution < 1.29 is 23.1 Å². The van der Waals surface area contributed by atoms with E-state index in [1.165, 1.54) is 5.56 Å². The van der Waals surface area contributed by atoms with Crippen molar-refractivity contribution in [2.75, 3.05) is 26.3 Å². The summed E-state index contributed by atoms with van der Waals surface area (Å²) >= 11 is 0. The third-order valence-corrected chi connectivity index (χ3v) is 5.50. The molecule has 0 spiro atoms. The van der Waals surface area contributed by atoms with E-state index in [0.29, 0.717) is 32.2 Å². The van der Waals surface area contributed by atoms with Gasteiger partial charge in [0.15, 0.2) is 0 Å². The van der Waals surface area contributed by atoms with Crippen LogP contribution >= 0.6 is 0 Å². The van der Waals surface area contributed by atoms with E-state index in [1.54, 1.807) is 0 Å². The molecular formula is C23H26F2N2O3. The van der Waals surface area contributed by atoms with Gasteiger partial charge < -0.3 is 15.4 Å². The molecule has 1 aliphatic heterocycles. The minimum Gasteiger partial charge on any atom is -0.381 e. The molecule has 0 unspecified atom stereocenters. The zero-order valence-electron chi connectivity index (χ0n) is 16.8. The third kappa shape index (κ3) is 5.63. The number of ether oxygens (including phenoxy) is 1. The van der Waals surface area contributed by atoms with Crippen LogP contribution in [0.15, 0.2) is 48.5 Å². The summed E-state index contributed by atoms with van der Waals surface area (Å²) in [7, 11) is 0. The highest BCUT2D eigenvalue weighted by atomic mass is 19.1. The standard InChI is InChI=1S/C23H26F2N2O3/c24-18-8-9-19(20(25)15-18)22(29)26-12-4-7-21(28)27-16-23(10-13-30-14-11-23)17-5-2-1-3-6-17/h1-3,5-6,8-9,15H,4,7,10-14,16H2,(H,26,29)(H,27,28). The molecule has 0 atom stereocenters. The van der Waals surface area contributed by atoms with Gasteiger partial charge in [-0.15, -0.1) is 0 Å². The van der Waals surface area contributed by atoms with Crippen LogP contribution in [0.1, 0.15) is 41.6 Å². The maximum absolute atomic E-state index is 13.6. The van der Waals surface area contributed by atoms with E-state index < -0.39 is 17.5 Å². The Labute approximate surface area is 174 Å². The molecule has 30 heavy (non-hydrogen) atoms. The van der Waals surface area contributed by atoms with Crippen molar-refractivity contribution >= 4 is 11.8 Å². The van der Waals surface area contributed by atoms with Crippen LogP contribution in [0.5, 0.6) is 0 Å². The Kier molecular flexibility index (Phi) is 7.52. The predicted octanol–water partition coefficient (Wildman–Crippen LogP) is 3.34. The van der Waals surface area contributed by atoms with Crippen molar-refractivity contribution in [3.05, 3.63) is 71.3 Å². The molecule has 1 fully saturated rings. The fraction of sp³-hybridized carbons (Fsp3) is 0.391. The smallest absolute Gasteiger partial charge is 0.254 e. The summed E-state index contributed by atoms with van der Waals surface area (Å²) in [6.07, 6.45) is 2.35. The maximum Gasteiger partial charge on any atom is 0.254 e. The Morgan fingerprint density at radius 1 is 1.00 bits per heavy atom. The first-order valence-electron chi connectivity index (χ1n) is 10.1. The van der Waals surface area contributed by atoms with Crippen molar-refractivity contribution in [2.45, 2.75) is 31.1 Å². The molecule has 1 aliphatic rings. The molecule has 3 rings (SSSR count). The van der Waals surface area contributed by atoms with Crippen LogP contribution in [0.4, 0.5) is 8.78 Å². The lowest BCUT2D eigenvalue weighted by molar-refractivity contribution is -0.121. The van der Waals surface area contributed by atoms with Crippen LogP contribution in [-0.2, 0) is 14.9 Å². The number of benzene rings is 2. The molecule has 2 amide bonds. The molecule has 160 valence electrons. The van der Waals surface area contributed by atoms with E-state index in [1.807, 2.05) is 18.2 Å². The lowest BCUT2D eigenvalue weighted by Gasteiger charge is -2.38. The van der Waals surface area contributed by atoms with Gasteiger partial charge in [0.25, 0.3) is 5.91 Å². The van der Waals surface area contributed by atoms with Crippen molar-refractivity contribution in [3.63, 3.8) is 0 Å². The summed E-state index contributed by atoms with van der Waals surface area (Å²) in [5.74, 6) is -2.37. The summed E-state index contributed by atoms with van der Waals surface area (Å²) < 4.78 is 32.0. The van der Waals surface area contributed by atoms with Gasteiger partial charge in [0, 0.05) is 44.2 Å². The Hall–Kier alpha value is -2.80. The molecular weight excluding hydrogens is 390 g/mol. The fourth-order valence-electron chi connectivity index (χ4n) is 3.70. The molecule has 2 aromatic rings. The Balaban J connectivity index is 1.44. The second kappa shape index (κ2) is 10.3. The highest BCUT2D eigenvalue weighted by Gasteiger charge is 2.34.